The highest BCUT2D eigenvalue weighted by atomic mass is 35.5. The van der Waals surface area contributed by atoms with Crippen molar-refractivity contribution in [2.24, 2.45) is 7.05 Å². The molecule has 1 amide bonds. The first kappa shape index (κ1) is 23.0. The number of hydrogen-bond donors (Lipinski definition) is 0. The van der Waals surface area contributed by atoms with E-state index in [1.807, 2.05) is 6.07 Å². The van der Waals surface area contributed by atoms with Crippen LogP contribution >= 0.6 is 23.2 Å². The van der Waals surface area contributed by atoms with Gasteiger partial charge in [0.2, 0.25) is 0 Å². The number of aryl methyl sites for hydroxylation is 2. The van der Waals surface area contributed by atoms with Gasteiger partial charge in [0.05, 0.1) is 16.1 Å². The van der Waals surface area contributed by atoms with E-state index in [0.29, 0.717) is 51.8 Å². The molecule has 1 saturated heterocycles. The van der Waals surface area contributed by atoms with Crippen LogP contribution in [0.1, 0.15) is 52.0 Å². The van der Waals surface area contributed by atoms with E-state index >= 15 is 0 Å². The topological polar surface area (TPSA) is 25.2 Å². The monoisotopic (exact) mass is 482 g/mol. The number of halogens is 5. The number of carbonyl (C=O) groups excluding carboxylic acids is 1. The van der Waals surface area contributed by atoms with Crippen LogP contribution in [0.2, 0.25) is 10.0 Å². The van der Waals surface area contributed by atoms with Gasteiger partial charge < -0.3 is 9.47 Å². The standard InChI is InChI=1S/C24H23Cl2F3N2O/c1-14-10-15(24(27,28)29)11-21-18(14)12-16(30(21)2)13-19-20(25)7-6-17(22(19)26)23(32)31-8-4-3-5-9-31/h6-7,10-12H,3-5,8-9,13H2,1-2H3. The number of nitrogens with zero attached hydrogens (tertiary/aromatic N) is 2. The van der Waals surface area contributed by atoms with Gasteiger partial charge in [0, 0.05) is 48.2 Å². The van der Waals surface area contributed by atoms with Crippen molar-refractivity contribution in [3.63, 3.8) is 0 Å². The van der Waals surface area contributed by atoms with Crippen molar-refractivity contribution in [3.8, 4) is 0 Å². The fourth-order valence-electron chi connectivity index (χ4n) is 4.37. The van der Waals surface area contributed by atoms with E-state index in [4.69, 9.17) is 23.2 Å². The van der Waals surface area contributed by atoms with Crippen molar-refractivity contribution < 1.29 is 18.0 Å². The second-order valence-corrected chi connectivity index (χ2v) is 9.12. The quantitative estimate of drug-likeness (QED) is 0.393. The molecule has 1 aliphatic rings. The van der Waals surface area contributed by atoms with Gasteiger partial charge in [-0.1, -0.05) is 23.2 Å². The number of likely N-dealkylation sites (tertiary alicyclic amines) is 1. The molecule has 2 heterocycles. The number of hydrogen-bond acceptors (Lipinski definition) is 1. The molecule has 0 spiro atoms. The third-order valence-corrected chi connectivity index (χ3v) is 7.00. The summed E-state index contributed by atoms with van der Waals surface area (Å²) >= 11 is 13.1. The minimum atomic E-state index is -4.42. The Bertz CT molecular complexity index is 1190. The summed E-state index contributed by atoms with van der Waals surface area (Å²) in [7, 11) is 1.72. The van der Waals surface area contributed by atoms with Crippen molar-refractivity contribution in [2.45, 2.75) is 38.8 Å². The zero-order valence-corrected chi connectivity index (χ0v) is 19.3. The molecule has 170 valence electrons. The number of carbonyl (C=O) groups is 1. The Kier molecular flexibility index (Phi) is 6.21. The average molecular weight is 483 g/mol. The maximum Gasteiger partial charge on any atom is 0.416 e. The molecule has 32 heavy (non-hydrogen) atoms. The number of fused-ring (bicyclic) bond motifs is 1. The lowest BCUT2D eigenvalue weighted by molar-refractivity contribution is -0.137. The Hall–Kier alpha value is -2.18. The molecule has 0 bridgehead atoms. The van der Waals surface area contributed by atoms with Crippen LogP contribution < -0.4 is 0 Å². The first-order chi connectivity index (χ1) is 15.1. The summed E-state index contributed by atoms with van der Waals surface area (Å²) in [6, 6.07) is 7.48. The van der Waals surface area contributed by atoms with Crippen LogP contribution in [-0.2, 0) is 19.6 Å². The number of amides is 1. The Labute approximate surface area is 194 Å². The van der Waals surface area contributed by atoms with Crippen LogP contribution in [0.25, 0.3) is 10.9 Å². The molecule has 1 aromatic heterocycles. The Morgan fingerprint density at radius 2 is 1.75 bits per heavy atom. The molecule has 0 N–H and O–H groups in total. The first-order valence-corrected chi connectivity index (χ1v) is 11.3. The highest BCUT2D eigenvalue weighted by Gasteiger charge is 2.31. The minimum absolute atomic E-state index is 0.115. The van der Waals surface area contributed by atoms with Gasteiger partial charge in [-0.2, -0.15) is 13.2 Å². The lowest BCUT2D eigenvalue weighted by Gasteiger charge is -2.27. The molecule has 2 aromatic carbocycles. The zero-order chi connectivity index (χ0) is 23.2. The first-order valence-electron chi connectivity index (χ1n) is 10.5. The van der Waals surface area contributed by atoms with E-state index in [9.17, 15) is 18.0 Å². The van der Waals surface area contributed by atoms with Crippen molar-refractivity contribution in [2.75, 3.05) is 13.1 Å². The van der Waals surface area contributed by atoms with Gasteiger partial charge in [-0.3, -0.25) is 4.79 Å². The molecule has 0 atom stereocenters. The van der Waals surface area contributed by atoms with Crippen LogP contribution in [0, 0.1) is 6.92 Å². The number of aromatic nitrogens is 1. The number of piperidine rings is 1. The van der Waals surface area contributed by atoms with Gasteiger partial charge in [-0.15, -0.1) is 0 Å². The molecule has 0 saturated carbocycles. The molecule has 4 rings (SSSR count). The fraction of sp³-hybridized carbons (Fsp3) is 0.375. The molecule has 1 aliphatic heterocycles. The van der Waals surface area contributed by atoms with Gasteiger partial charge in [0.1, 0.15) is 0 Å². The van der Waals surface area contributed by atoms with Gasteiger partial charge in [0.25, 0.3) is 5.91 Å². The van der Waals surface area contributed by atoms with Gasteiger partial charge >= 0.3 is 6.18 Å². The number of rotatable bonds is 3. The Balaban J connectivity index is 1.73. The number of benzene rings is 2. The molecular weight excluding hydrogens is 460 g/mol. The van der Waals surface area contributed by atoms with E-state index < -0.39 is 11.7 Å². The molecule has 3 nitrogen and oxygen atoms in total. The number of alkyl halides is 3. The van der Waals surface area contributed by atoms with Crippen LogP contribution in [0.15, 0.2) is 30.3 Å². The Morgan fingerprint density at radius 1 is 1.06 bits per heavy atom. The fourth-order valence-corrected chi connectivity index (χ4v) is 4.95. The summed E-state index contributed by atoms with van der Waals surface area (Å²) in [4.78, 5) is 14.8. The largest absolute Gasteiger partial charge is 0.416 e. The van der Waals surface area contributed by atoms with Gasteiger partial charge in [-0.25, -0.2) is 0 Å². The molecule has 0 aliphatic carbocycles. The summed E-state index contributed by atoms with van der Waals surface area (Å²) in [6.45, 7) is 3.08. The smallest absolute Gasteiger partial charge is 0.347 e. The second kappa shape index (κ2) is 8.64. The predicted molar refractivity (Wildman–Crippen MR) is 122 cm³/mol. The van der Waals surface area contributed by atoms with Crippen LogP contribution in [0.5, 0.6) is 0 Å². The molecule has 8 heteroatoms. The molecule has 0 unspecified atom stereocenters. The predicted octanol–water partition coefficient (Wildman–Crippen LogP) is 7.03. The van der Waals surface area contributed by atoms with Crippen molar-refractivity contribution >= 4 is 40.0 Å². The van der Waals surface area contributed by atoms with E-state index in [1.165, 1.54) is 0 Å². The molecule has 0 radical (unpaired) electrons. The summed E-state index contributed by atoms with van der Waals surface area (Å²) in [5, 5.41) is 1.46. The SMILES string of the molecule is Cc1cc(C(F)(F)F)cc2c1cc(Cc1c(Cl)ccc(C(=O)N3CCCCC3)c1Cl)n2C. The highest BCUT2D eigenvalue weighted by molar-refractivity contribution is 6.38. The van der Waals surface area contributed by atoms with Crippen LogP contribution in [-0.4, -0.2) is 28.5 Å². The van der Waals surface area contributed by atoms with Crippen molar-refractivity contribution in [1.29, 1.82) is 0 Å². The lowest BCUT2D eigenvalue weighted by Crippen LogP contribution is -2.35. The average Bonchev–Trinajstić information content (AvgIpc) is 3.07. The van der Waals surface area contributed by atoms with Gasteiger partial charge in [-0.05, 0) is 67.6 Å². The van der Waals surface area contributed by atoms with Crippen LogP contribution in [0.4, 0.5) is 13.2 Å². The summed E-state index contributed by atoms with van der Waals surface area (Å²) in [6.07, 6.45) is -1.07. The third-order valence-electron chi connectivity index (χ3n) is 6.21. The van der Waals surface area contributed by atoms with E-state index in [-0.39, 0.29) is 5.91 Å². The Morgan fingerprint density at radius 3 is 2.41 bits per heavy atom. The maximum atomic E-state index is 13.3. The van der Waals surface area contributed by atoms with E-state index in [0.717, 1.165) is 42.5 Å². The highest BCUT2D eigenvalue weighted by Crippen LogP contribution is 2.36. The summed E-state index contributed by atoms with van der Waals surface area (Å²) < 4.78 is 41.6. The second-order valence-electron chi connectivity index (χ2n) is 8.34. The minimum Gasteiger partial charge on any atom is -0.347 e. The summed E-state index contributed by atoms with van der Waals surface area (Å²) in [5.74, 6) is -0.115. The van der Waals surface area contributed by atoms with Gasteiger partial charge in [0.15, 0.2) is 0 Å². The van der Waals surface area contributed by atoms with Crippen LogP contribution in [0.3, 0.4) is 0 Å². The third kappa shape index (κ3) is 4.23. The van der Waals surface area contributed by atoms with Crippen molar-refractivity contribution in [1.82, 2.24) is 9.47 Å². The van der Waals surface area contributed by atoms with Crippen molar-refractivity contribution in [3.05, 3.63) is 68.3 Å². The molecule has 1 fully saturated rings. The molecular formula is C24H23Cl2F3N2O. The molecule has 3 aromatic rings. The zero-order valence-electron chi connectivity index (χ0n) is 17.8. The summed E-state index contributed by atoms with van der Waals surface area (Å²) in [5.41, 5.74) is 2.11. The van der Waals surface area contributed by atoms with E-state index in [1.54, 1.807) is 35.6 Å². The maximum absolute atomic E-state index is 13.3. The van der Waals surface area contributed by atoms with E-state index in [2.05, 4.69) is 0 Å². The lowest BCUT2D eigenvalue weighted by atomic mass is 10.0. The normalized spacial score (nSPS) is 14.9.